The Hall–Kier alpha value is -2.28. The number of nitrogens with zero attached hydrogens (tertiary/aromatic N) is 2. The van der Waals surface area contributed by atoms with Crippen LogP contribution < -0.4 is 4.90 Å². The molecule has 0 saturated heterocycles. The van der Waals surface area contributed by atoms with Crippen molar-refractivity contribution in [1.82, 2.24) is 4.37 Å². The molecule has 1 heterocycles. The van der Waals surface area contributed by atoms with E-state index in [1.165, 1.54) is 30.1 Å². The summed E-state index contributed by atoms with van der Waals surface area (Å²) < 4.78 is 17.1. The number of carboxylic acid groups (broad SMARTS) is 1. The van der Waals surface area contributed by atoms with Crippen LogP contribution >= 0.6 is 11.5 Å². The third-order valence-electron chi connectivity index (χ3n) is 3.09. The summed E-state index contributed by atoms with van der Waals surface area (Å²) in [6.07, 6.45) is 0. The van der Waals surface area contributed by atoms with Crippen molar-refractivity contribution >= 4 is 28.4 Å². The van der Waals surface area contributed by atoms with Gasteiger partial charge < -0.3 is 10.0 Å². The molecule has 2 rings (SSSR count). The molecule has 0 radical (unpaired) electrons. The van der Waals surface area contributed by atoms with Crippen molar-refractivity contribution in [3.8, 4) is 0 Å². The second kappa shape index (κ2) is 5.61. The van der Waals surface area contributed by atoms with E-state index in [4.69, 9.17) is 0 Å². The first-order valence-corrected chi connectivity index (χ1v) is 6.84. The molecule has 0 aliphatic carbocycles. The molecule has 1 amide bonds. The van der Waals surface area contributed by atoms with E-state index in [0.29, 0.717) is 16.8 Å². The Morgan fingerprint density at radius 1 is 1.33 bits per heavy atom. The largest absolute Gasteiger partial charge is 0.478 e. The lowest BCUT2D eigenvalue weighted by Crippen LogP contribution is -2.27. The molecule has 0 fully saturated rings. The number of carbonyl (C=O) groups is 2. The molecule has 7 heteroatoms. The van der Waals surface area contributed by atoms with Crippen LogP contribution in [0.5, 0.6) is 0 Å². The van der Waals surface area contributed by atoms with E-state index in [1.807, 2.05) is 0 Å². The number of rotatable bonds is 3. The van der Waals surface area contributed by atoms with E-state index in [9.17, 15) is 19.1 Å². The molecule has 0 aliphatic rings. The third-order valence-corrected chi connectivity index (χ3v) is 4.10. The molecular weight excluding hydrogens is 295 g/mol. The number of aryl methyl sites for hydroxylation is 2. The van der Waals surface area contributed by atoms with Gasteiger partial charge in [0.2, 0.25) is 0 Å². The standard InChI is InChI=1S/C14H13FN2O3S/c1-7-6-9(15)4-5-10(7)12(18)17(3)13-11(14(19)20)8(2)16-21-13/h4-6H,1-3H3,(H,19,20). The van der Waals surface area contributed by atoms with Gasteiger partial charge in [-0.2, -0.15) is 4.37 Å². The van der Waals surface area contributed by atoms with Crippen LogP contribution in [0.15, 0.2) is 18.2 Å². The summed E-state index contributed by atoms with van der Waals surface area (Å²) in [7, 11) is 1.48. The number of benzene rings is 1. The number of aromatic nitrogens is 1. The molecule has 21 heavy (non-hydrogen) atoms. The fourth-order valence-electron chi connectivity index (χ4n) is 1.97. The summed E-state index contributed by atoms with van der Waals surface area (Å²) >= 11 is 0.945. The molecule has 5 nitrogen and oxygen atoms in total. The maximum Gasteiger partial charge on any atom is 0.340 e. The summed E-state index contributed by atoms with van der Waals surface area (Å²) in [5, 5.41) is 9.46. The number of carbonyl (C=O) groups excluding carboxylic acids is 1. The zero-order chi connectivity index (χ0) is 15.7. The number of anilines is 1. The van der Waals surface area contributed by atoms with E-state index in [-0.39, 0.29) is 10.6 Å². The second-order valence-corrected chi connectivity index (χ2v) is 5.33. The summed E-state index contributed by atoms with van der Waals surface area (Å²) in [6, 6.07) is 3.85. The monoisotopic (exact) mass is 308 g/mol. The summed E-state index contributed by atoms with van der Waals surface area (Å²) in [5.74, 6) is -1.96. The molecule has 110 valence electrons. The summed E-state index contributed by atoms with van der Waals surface area (Å²) in [4.78, 5) is 24.9. The maximum atomic E-state index is 13.1. The quantitative estimate of drug-likeness (QED) is 0.946. The summed E-state index contributed by atoms with van der Waals surface area (Å²) in [6.45, 7) is 3.20. The minimum atomic E-state index is -1.13. The average Bonchev–Trinajstić information content (AvgIpc) is 2.79. The molecule has 0 bridgehead atoms. The fraction of sp³-hybridized carbons (Fsp3) is 0.214. The highest BCUT2D eigenvalue weighted by molar-refractivity contribution is 7.11. The number of hydrogen-bond donors (Lipinski definition) is 1. The number of halogens is 1. The van der Waals surface area contributed by atoms with Crippen molar-refractivity contribution in [2.45, 2.75) is 13.8 Å². The normalized spacial score (nSPS) is 10.5. The zero-order valence-corrected chi connectivity index (χ0v) is 12.5. The van der Waals surface area contributed by atoms with Gasteiger partial charge in [0.15, 0.2) is 0 Å². The van der Waals surface area contributed by atoms with Gasteiger partial charge in [0.05, 0.1) is 5.69 Å². The Morgan fingerprint density at radius 2 is 2.00 bits per heavy atom. The topological polar surface area (TPSA) is 70.5 Å². The molecule has 2 aromatic rings. The lowest BCUT2D eigenvalue weighted by atomic mass is 10.1. The fourth-order valence-corrected chi connectivity index (χ4v) is 2.82. The highest BCUT2D eigenvalue weighted by atomic mass is 32.1. The van der Waals surface area contributed by atoms with Crippen molar-refractivity contribution in [2.75, 3.05) is 11.9 Å². The molecule has 0 spiro atoms. The highest BCUT2D eigenvalue weighted by Gasteiger charge is 2.25. The van der Waals surface area contributed by atoms with Crippen LogP contribution in [0.2, 0.25) is 0 Å². The van der Waals surface area contributed by atoms with Crippen LogP contribution in [0.4, 0.5) is 9.39 Å². The number of carboxylic acids is 1. The first-order valence-electron chi connectivity index (χ1n) is 6.06. The first kappa shape index (κ1) is 15.1. The average molecular weight is 308 g/mol. The Balaban J connectivity index is 2.42. The minimum absolute atomic E-state index is 0.00983. The summed E-state index contributed by atoms with van der Waals surface area (Å²) in [5.41, 5.74) is 1.18. The maximum absolute atomic E-state index is 13.1. The molecule has 0 saturated carbocycles. The molecule has 0 aliphatic heterocycles. The second-order valence-electron chi connectivity index (χ2n) is 4.58. The van der Waals surface area contributed by atoms with Crippen LogP contribution in [0.1, 0.15) is 32.0 Å². The molecule has 1 N–H and O–H groups in total. The van der Waals surface area contributed by atoms with Gasteiger partial charge in [-0.15, -0.1) is 0 Å². The van der Waals surface area contributed by atoms with Gasteiger partial charge in [-0.05, 0) is 49.1 Å². The van der Waals surface area contributed by atoms with Gasteiger partial charge in [-0.25, -0.2) is 9.18 Å². The van der Waals surface area contributed by atoms with E-state index in [2.05, 4.69) is 4.37 Å². The Kier molecular flexibility index (Phi) is 4.04. The molecular formula is C14H13FN2O3S. The van der Waals surface area contributed by atoms with Crippen molar-refractivity contribution in [3.63, 3.8) is 0 Å². The molecule has 1 aromatic carbocycles. The number of amides is 1. The van der Waals surface area contributed by atoms with Gasteiger partial charge in [-0.1, -0.05) is 0 Å². The highest BCUT2D eigenvalue weighted by Crippen LogP contribution is 2.29. The van der Waals surface area contributed by atoms with Crippen molar-refractivity contribution in [2.24, 2.45) is 0 Å². The number of hydrogen-bond acceptors (Lipinski definition) is 4. The zero-order valence-electron chi connectivity index (χ0n) is 11.7. The lowest BCUT2D eigenvalue weighted by Gasteiger charge is -2.17. The Bertz CT molecular complexity index is 727. The van der Waals surface area contributed by atoms with Crippen molar-refractivity contribution in [1.29, 1.82) is 0 Å². The SMILES string of the molecule is Cc1cc(F)ccc1C(=O)N(C)c1snc(C)c1C(=O)O. The van der Waals surface area contributed by atoms with Crippen LogP contribution in [0, 0.1) is 19.7 Å². The van der Waals surface area contributed by atoms with E-state index in [0.717, 1.165) is 11.5 Å². The molecule has 0 atom stereocenters. The Morgan fingerprint density at radius 3 is 2.57 bits per heavy atom. The van der Waals surface area contributed by atoms with Crippen LogP contribution in [0.25, 0.3) is 0 Å². The number of aromatic carboxylic acids is 1. The first-order chi connectivity index (χ1) is 9.82. The molecule has 0 unspecified atom stereocenters. The van der Waals surface area contributed by atoms with Gasteiger partial charge in [0.25, 0.3) is 5.91 Å². The van der Waals surface area contributed by atoms with E-state index >= 15 is 0 Å². The van der Waals surface area contributed by atoms with E-state index in [1.54, 1.807) is 13.8 Å². The third kappa shape index (κ3) is 2.78. The minimum Gasteiger partial charge on any atom is -0.478 e. The van der Waals surface area contributed by atoms with Gasteiger partial charge in [0.1, 0.15) is 16.4 Å². The van der Waals surface area contributed by atoms with Crippen molar-refractivity contribution < 1.29 is 19.1 Å². The van der Waals surface area contributed by atoms with Crippen molar-refractivity contribution in [3.05, 3.63) is 46.4 Å². The van der Waals surface area contributed by atoms with Gasteiger partial charge in [0, 0.05) is 12.6 Å². The van der Waals surface area contributed by atoms with E-state index < -0.39 is 17.7 Å². The van der Waals surface area contributed by atoms with Gasteiger partial charge >= 0.3 is 5.97 Å². The molecule has 1 aromatic heterocycles. The van der Waals surface area contributed by atoms with Crippen LogP contribution in [-0.4, -0.2) is 28.4 Å². The van der Waals surface area contributed by atoms with Crippen LogP contribution in [0.3, 0.4) is 0 Å². The predicted octanol–water partition coefficient (Wildman–Crippen LogP) is 2.87. The Labute approximate surface area is 124 Å². The van der Waals surface area contributed by atoms with Crippen LogP contribution in [-0.2, 0) is 0 Å². The predicted molar refractivity (Wildman–Crippen MR) is 77.7 cm³/mol. The lowest BCUT2D eigenvalue weighted by molar-refractivity contribution is 0.0697. The van der Waals surface area contributed by atoms with Gasteiger partial charge in [-0.3, -0.25) is 4.79 Å². The smallest absolute Gasteiger partial charge is 0.340 e.